The van der Waals surface area contributed by atoms with Crippen LogP contribution in [-0.2, 0) is 9.59 Å². The molecule has 0 aromatic heterocycles. The van der Waals surface area contributed by atoms with E-state index in [4.69, 9.17) is 0 Å². The third-order valence-corrected chi connectivity index (χ3v) is 3.61. The second-order valence-corrected chi connectivity index (χ2v) is 4.47. The van der Waals surface area contributed by atoms with E-state index in [0.717, 1.165) is 5.56 Å². The zero-order valence-electron chi connectivity index (χ0n) is 9.69. The van der Waals surface area contributed by atoms with Crippen LogP contribution >= 0.6 is 0 Å². The van der Waals surface area contributed by atoms with E-state index in [9.17, 15) is 9.59 Å². The maximum atomic E-state index is 11.9. The van der Waals surface area contributed by atoms with Gasteiger partial charge < -0.3 is 0 Å². The molecule has 0 radical (unpaired) electrons. The van der Waals surface area contributed by atoms with Gasteiger partial charge in [0.15, 0.2) is 0 Å². The molecule has 0 aliphatic heterocycles. The van der Waals surface area contributed by atoms with Gasteiger partial charge in [-0.2, -0.15) is 0 Å². The lowest BCUT2D eigenvalue weighted by molar-refractivity contribution is -0.133. The minimum atomic E-state index is -0.698. The van der Waals surface area contributed by atoms with Crippen LogP contribution in [0.4, 0.5) is 0 Å². The van der Waals surface area contributed by atoms with E-state index in [2.05, 4.69) is 0 Å². The van der Waals surface area contributed by atoms with Crippen LogP contribution in [0.1, 0.15) is 38.2 Å². The molecule has 2 heteroatoms. The van der Waals surface area contributed by atoms with Gasteiger partial charge in [0, 0.05) is 12.3 Å². The fourth-order valence-electron chi connectivity index (χ4n) is 2.56. The summed E-state index contributed by atoms with van der Waals surface area (Å²) in [5.74, 6) is 0.223. The molecule has 1 aliphatic rings. The molecule has 0 bridgehead atoms. The molecule has 0 spiro atoms. The lowest BCUT2D eigenvalue weighted by Gasteiger charge is -2.11. The first-order valence-electron chi connectivity index (χ1n) is 5.72. The van der Waals surface area contributed by atoms with Crippen molar-refractivity contribution in [3.05, 3.63) is 35.9 Å². The molecule has 2 nitrogen and oxygen atoms in total. The largest absolute Gasteiger partial charge is 0.299 e. The van der Waals surface area contributed by atoms with Crippen LogP contribution in [0, 0.1) is 5.41 Å². The van der Waals surface area contributed by atoms with Crippen LogP contribution in [0.25, 0.3) is 0 Å². The standard InChI is InChI=1S/C14H16O2/c1-3-13(16)14(10(2)15)9-12(14)11-7-5-4-6-8-11/h4-8,12H,3,9H2,1-2H3. The van der Waals surface area contributed by atoms with Gasteiger partial charge >= 0.3 is 0 Å². The topological polar surface area (TPSA) is 34.1 Å². The molecule has 1 aromatic rings. The Labute approximate surface area is 95.7 Å². The molecular formula is C14H16O2. The van der Waals surface area contributed by atoms with Crippen molar-refractivity contribution in [2.75, 3.05) is 0 Å². The number of ketones is 2. The first kappa shape index (κ1) is 11.1. The summed E-state index contributed by atoms with van der Waals surface area (Å²) >= 11 is 0. The summed E-state index contributed by atoms with van der Waals surface area (Å²) in [4.78, 5) is 23.6. The van der Waals surface area contributed by atoms with E-state index < -0.39 is 5.41 Å². The van der Waals surface area contributed by atoms with Crippen molar-refractivity contribution in [1.29, 1.82) is 0 Å². The Morgan fingerprint density at radius 2 is 1.94 bits per heavy atom. The van der Waals surface area contributed by atoms with Gasteiger partial charge in [0.2, 0.25) is 0 Å². The minimum absolute atomic E-state index is 0.0215. The molecule has 84 valence electrons. The smallest absolute Gasteiger partial charge is 0.146 e. The van der Waals surface area contributed by atoms with Crippen molar-refractivity contribution in [2.24, 2.45) is 5.41 Å². The average Bonchev–Trinajstić information content (AvgIpc) is 3.06. The number of benzene rings is 1. The highest BCUT2D eigenvalue weighted by atomic mass is 16.2. The van der Waals surface area contributed by atoms with E-state index in [1.807, 2.05) is 37.3 Å². The predicted octanol–water partition coefficient (Wildman–Crippen LogP) is 2.73. The first-order valence-corrected chi connectivity index (χ1v) is 5.72. The summed E-state index contributed by atoms with van der Waals surface area (Å²) in [6.45, 7) is 3.36. The van der Waals surface area contributed by atoms with E-state index in [1.54, 1.807) is 0 Å². The SMILES string of the molecule is CCC(=O)C1(C(C)=O)CC1c1ccccc1. The summed E-state index contributed by atoms with van der Waals surface area (Å²) in [6, 6.07) is 9.85. The second kappa shape index (κ2) is 3.85. The summed E-state index contributed by atoms with van der Waals surface area (Å²) in [7, 11) is 0. The Bertz CT molecular complexity index is 422. The Hall–Kier alpha value is -1.44. The van der Waals surface area contributed by atoms with Crippen LogP contribution in [-0.4, -0.2) is 11.6 Å². The number of carbonyl (C=O) groups excluding carboxylic acids is 2. The molecule has 16 heavy (non-hydrogen) atoms. The van der Waals surface area contributed by atoms with Gasteiger partial charge in [-0.15, -0.1) is 0 Å². The monoisotopic (exact) mass is 216 g/mol. The molecule has 1 aliphatic carbocycles. The number of hydrogen-bond acceptors (Lipinski definition) is 2. The average molecular weight is 216 g/mol. The van der Waals surface area contributed by atoms with Crippen LogP contribution in [0.5, 0.6) is 0 Å². The lowest BCUT2D eigenvalue weighted by Crippen LogP contribution is -2.25. The highest BCUT2D eigenvalue weighted by Crippen LogP contribution is 2.60. The van der Waals surface area contributed by atoms with Crippen molar-refractivity contribution < 1.29 is 9.59 Å². The van der Waals surface area contributed by atoms with Gasteiger partial charge in [0.05, 0.1) is 5.41 Å². The number of hydrogen-bond donors (Lipinski definition) is 0. The molecule has 0 amide bonds. The minimum Gasteiger partial charge on any atom is -0.299 e. The van der Waals surface area contributed by atoms with Gasteiger partial charge in [-0.25, -0.2) is 0 Å². The van der Waals surface area contributed by atoms with Crippen LogP contribution in [0.15, 0.2) is 30.3 Å². The Morgan fingerprint density at radius 1 is 1.31 bits per heavy atom. The normalized spacial score (nSPS) is 27.5. The summed E-state index contributed by atoms with van der Waals surface area (Å²) in [5.41, 5.74) is 0.412. The van der Waals surface area contributed by atoms with Gasteiger partial charge in [0.25, 0.3) is 0 Å². The quantitative estimate of drug-likeness (QED) is 0.725. The zero-order valence-corrected chi connectivity index (χ0v) is 9.69. The van der Waals surface area contributed by atoms with Crippen molar-refractivity contribution in [3.63, 3.8) is 0 Å². The maximum absolute atomic E-state index is 11.9. The molecule has 0 heterocycles. The maximum Gasteiger partial charge on any atom is 0.146 e. The van der Waals surface area contributed by atoms with Crippen LogP contribution in [0.2, 0.25) is 0 Å². The zero-order chi connectivity index (χ0) is 11.8. The Morgan fingerprint density at radius 3 is 2.44 bits per heavy atom. The fourth-order valence-corrected chi connectivity index (χ4v) is 2.56. The fraction of sp³-hybridized carbons (Fsp3) is 0.429. The highest BCUT2D eigenvalue weighted by Gasteiger charge is 2.62. The molecular weight excluding hydrogens is 200 g/mol. The van der Waals surface area contributed by atoms with Gasteiger partial charge in [0.1, 0.15) is 11.6 Å². The molecule has 2 atom stereocenters. The predicted molar refractivity (Wildman–Crippen MR) is 62.2 cm³/mol. The van der Waals surface area contributed by atoms with E-state index >= 15 is 0 Å². The molecule has 1 aromatic carbocycles. The Kier molecular flexibility index (Phi) is 2.66. The lowest BCUT2D eigenvalue weighted by atomic mass is 9.89. The van der Waals surface area contributed by atoms with Crippen molar-refractivity contribution >= 4 is 11.6 Å². The molecule has 1 fully saturated rings. The molecule has 2 rings (SSSR count). The first-order chi connectivity index (χ1) is 7.63. The number of Topliss-reactive ketones (excluding diaryl/α,β-unsaturated/α-hetero) is 2. The number of carbonyl (C=O) groups is 2. The molecule has 0 N–H and O–H groups in total. The van der Waals surface area contributed by atoms with Crippen molar-refractivity contribution in [3.8, 4) is 0 Å². The van der Waals surface area contributed by atoms with Crippen LogP contribution < -0.4 is 0 Å². The molecule has 0 saturated heterocycles. The molecule has 1 saturated carbocycles. The molecule has 2 unspecified atom stereocenters. The van der Waals surface area contributed by atoms with Gasteiger partial charge in [-0.1, -0.05) is 37.3 Å². The van der Waals surface area contributed by atoms with Crippen LogP contribution in [0.3, 0.4) is 0 Å². The van der Waals surface area contributed by atoms with Crippen molar-refractivity contribution in [1.82, 2.24) is 0 Å². The number of rotatable bonds is 4. The third-order valence-electron chi connectivity index (χ3n) is 3.61. The Balaban J connectivity index is 2.30. The summed E-state index contributed by atoms with van der Waals surface area (Å²) < 4.78 is 0. The second-order valence-electron chi connectivity index (χ2n) is 4.47. The summed E-state index contributed by atoms with van der Waals surface area (Å²) in [5, 5.41) is 0. The van der Waals surface area contributed by atoms with Gasteiger partial charge in [-0.05, 0) is 18.9 Å². The van der Waals surface area contributed by atoms with E-state index in [0.29, 0.717) is 12.8 Å². The van der Waals surface area contributed by atoms with Gasteiger partial charge in [-0.3, -0.25) is 9.59 Å². The third kappa shape index (κ3) is 1.49. The van der Waals surface area contributed by atoms with E-state index in [1.165, 1.54) is 6.92 Å². The highest BCUT2D eigenvalue weighted by molar-refractivity contribution is 6.10. The summed E-state index contributed by atoms with van der Waals surface area (Å²) in [6.07, 6.45) is 1.14. The van der Waals surface area contributed by atoms with Crippen molar-refractivity contribution in [2.45, 2.75) is 32.6 Å². The van der Waals surface area contributed by atoms with E-state index in [-0.39, 0.29) is 17.5 Å².